The molecule has 0 bridgehead atoms. The Labute approximate surface area is 140 Å². The summed E-state index contributed by atoms with van der Waals surface area (Å²) in [6, 6.07) is 2.14. The molecule has 0 radical (unpaired) electrons. The van der Waals surface area contributed by atoms with Crippen molar-refractivity contribution in [3.05, 3.63) is 21.9 Å². The monoisotopic (exact) mass is 343 g/mol. The molecule has 3 N–H and O–H groups in total. The minimum Gasteiger partial charge on any atom is -0.366 e. The molecule has 5 nitrogen and oxygen atoms in total. The van der Waals surface area contributed by atoms with Gasteiger partial charge in [-0.3, -0.25) is 9.59 Å². The van der Waals surface area contributed by atoms with E-state index in [1.165, 1.54) is 24.2 Å². The Balaban J connectivity index is 0.00000176. The summed E-state index contributed by atoms with van der Waals surface area (Å²) in [5.41, 5.74) is 5.64. The number of carbonyl (C=O) groups is 2. The quantitative estimate of drug-likeness (QED) is 0.857. The number of halogens is 1. The van der Waals surface area contributed by atoms with Crippen LogP contribution in [-0.4, -0.2) is 42.4 Å². The zero-order chi connectivity index (χ0) is 14.8. The van der Waals surface area contributed by atoms with Gasteiger partial charge in [-0.05, 0) is 44.2 Å². The molecular weight excluding hydrogens is 322 g/mol. The highest BCUT2D eigenvalue weighted by molar-refractivity contribution is 7.12. The van der Waals surface area contributed by atoms with Gasteiger partial charge in [0.1, 0.15) is 0 Å². The number of hydrogen-bond donors (Lipinski definition) is 2. The van der Waals surface area contributed by atoms with Crippen molar-refractivity contribution in [2.24, 2.45) is 11.7 Å². The van der Waals surface area contributed by atoms with Gasteiger partial charge in [-0.15, -0.1) is 23.7 Å². The number of carbonyl (C=O) groups excluding carboxylic acids is 2. The van der Waals surface area contributed by atoms with Crippen LogP contribution >= 0.6 is 23.7 Å². The fraction of sp³-hybridized carbons (Fsp3) is 0.600. The minimum absolute atomic E-state index is 0. The third-order valence-electron chi connectivity index (χ3n) is 4.27. The smallest absolute Gasteiger partial charge is 0.263 e. The lowest BCUT2D eigenvalue weighted by Gasteiger charge is -2.32. The van der Waals surface area contributed by atoms with Crippen LogP contribution < -0.4 is 11.1 Å². The van der Waals surface area contributed by atoms with Crippen molar-refractivity contribution < 1.29 is 9.59 Å². The van der Waals surface area contributed by atoms with E-state index < -0.39 is 5.91 Å². The van der Waals surface area contributed by atoms with E-state index in [0.717, 1.165) is 38.4 Å². The number of amides is 2. The lowest BCUT2D eigenvalue weighted by molar-refractivity contribution is 0.0710. The number of thiophene rings is 1. The summed E-state index contributed by atoms with van der Waals surface area (Å²) in [7, 11) is 0. The summed E-state index contributed by atoms with van der Waals surface area (Å²) in [4.78, 5) is 26.0. The Bertz CT molecular complexity index is 537. The first kappa shape index (κ1) is 17.2. The van der Waals surface area contributed by atoms with Gasteiger partial charge in [-0.1, -0.05) is 0 Å². The van der Waals surface area contributed by atoms with Gasteiger partial charge in [-0.25, -0.2) is 0 Å². The molecule has 1 aromatic heterocycles. The Morgan fingerprint density at radius 3 is 2.50 bits per heavy atom. The highest BCUT2D eigenvalue weighted by atomic mass is 35.5. The first-order chi connectivity index (χ1) is 10.1. The fourth-order valence-corrected chi connectivity index (χ4v) is 3.54. The number of primary amides is 1. The molecule has 22 heavy (non-hydrogen) atoms. The predicted octanol–water partition coefficient (Wildman–Crippen LogP) is 1.87. The summed E-state index contributed by atoms with van der Waals surface area (Å²) in [6.45, 7) is 2.70. The maximum atomic E-state index is 12.4. The van der Waals surface area contributed by atoms with Crippen molar-refractivity contribution in [1.82, 2.24) is 10.2 Å². The molecule has 0 unspecified atom stereocenters. The van der Waals surface area contributed by atoms with Gasteiger partial charge >= 0.3 is 0 Å². The van der Waals surface area contributed by atoms with Crippen molar-refractivity contribution in [3.8, 4) is 0 Å². The lowest BCUT2D eigenvalue weighted by atomic mass is 10.0. The molecule has 0 aromatic carbocycles. The van der Waals surface area contributed by atoms with Crippen LogP contribution in [0.1, 0.15) is 45.7 Å². The number of hydrogen-bond acceptors (Lipinski definition) is 4. The standard InChI is InChI=1S/C15H21N3O2S.ClH/c16-14(19)11-7-13(21-9-11)15(20)18-5-3-12(4-6-18)17-8-10-1-2-10;/h7,9-10,12,17H,1-6,8H2,(H2,16,19);1H. The predicted molar refractivity (Wildman–Crippen MR) is 89.7 cm³/mol. The number of nitrogens with one attached hydrogen (secondary N) is 1. The van der Waals surface area contributed by atoms with Gasteiger partial charge in [0.15, 0.2) is 0 Å². The van der Waals surface area contributed by atoms with Crippen molar-refractivity contribution in [1.29, 1.82) is 0 Å². The van der Waals surface area contributed by atoms with Crippen LogP contribution in [0.25, 0.3) is 0 Å². The van der Waals surface area contributed by atoms with Crippen molar-refractivity contribution in [2.75, 3.05) is 19.6 Å². The Morgan fingerprint density at radius 2 is 1.95 bits per heavy atom. The van der Waals surface area contributed by atoms with Crippen LogP contribution in [-0.2, 0) is 0 Å². The number of rotatable bonds is 5. The molecule has 2 fully saturated rings. The first-order valence-corrected chi connectivity index (χ1v) is 8.42. The molecule has 7 heteroatoms. The summed E-state index contributed by atoms with van der Waals surface area (Å²) in [6.07, 6.45) is 4.74. The van der Waals surface area contributed by atoms with Crippen molar-refractivity contribution in [2.45, 2.75) is 31.7 Å². The van der Waals surface area contributed by atoms with Gasteiger partial charge in [0.05, 0.1) is 10.4 Å². The van der Waals surface area contributed by atoms with E-state index >= 15 is 0 Å². The van der Waals surface area contributed by atoms with Crippen LogP contribution in [0.5, 0.6) is 0 Å². The minimum atomic E-state index is -0.478. The molecule has 0 spiro atoms. The molecule has 2 heterocycles. The second-order valence-electron chi connectivity index (χ2n) is 5.98. The highest BCUT2D eigenvalue weighted by Gasteiger charge is 2.27. The topological polar surface area (TPSA) is 75.4 Å². The molecule has 0 atom stereocenters. The normalized spacial score (nSPS) is 18.8. The molecule has 1 aliphatic heterocycles. The van der Waals surface area contributed by atoms with E-state index in [9.17, 15) is 9.59 Å². The van der Waals surface area contributed by atoms with Crippen LogP contribution in [0.15, 0.2) is 11.4 Å². The maximum Gasteiger partial charge on any atom is 0.263 e. The van der Waals surface area contributed by atoms with E-state index in [0.29, 0.717) is 16.5 Å². The Morgan fingerprint density at radius 1 is 1.27 bits per heavy atom. The molecule has 1 saturated heterocycles. The van der Waals surface area contributed by atoms with Crippen molar-refractivity contribution in [3.63, 3.8) is 0 Å². The van der Waals surface area contributed by atoms with E-state index in [2.05, 4.69) is 5.32 Å². The average molecular weight is 344 g/mol. The van der Waals surface area contributed by atoms with Gasteiger partial charge in [0.25, 0.3) is 5.91 Å². The van der Waals surface area contributed by atoms with E-state index in [4.69, 9.17) is 5.73 Å². The third-order valence-corrected chi connectivity index (χ3v) is 5.19. The fourth-order valence-electron chi connectivity index (χ4n) is 2.68. The number of nitrogens with zero attached hydrogens (tertiary/aromatic N) is 1. The van der Waals surface area contributed by atoms with E-state index in [-0.39, 0.29) is 18.3 Å². The molecule has 2 aliphatic rings. The second kappa shape index (κ2) is 7.44. The SMILES string of the molecule is Cl.NC(=O)c1csc(C(=O)N2CCC(NCC3CC3)CC2)c1. The summed E-state index contributed by atoms with van der Waals surface area (Å²) >= 11 is 1.30. The van der Waals surface area contributed by atoms with Gasteiger partial charge in [0, 0.05) is 24.5 Å². The molecular formula is C15H22ClN3O2S. The van der Waals surface area contributed by atoms with Crippen molar-refractivity contribution >= 4 is 35.6 Å². The van der Waals surface area contributed by atoms with Crippen LogP contribution in [0.4, 0.5) is 0 Å². The van der Waals surface area contributed by atoms with Crippen LogP contribution in [0.3, 0.4) is 0 Å². The van der Waals surface area contributed by atoms with Gasteiger partial charge < -0.3 is 16.0 Å². The summed E-state index contributed by atoms with van der Waals surface area (Å²) < 4.78 is 0. The average Bonchev–Trinajstić information content (AvgIpc) is 3.18. The molecule has 1 aliphatic carbocycles. The Hall–Kier alpha value is -1.11. The summed E-state index contributed by atoms with van der Waals surface area (Å²) in [5, 5.41) is 5.26. The largest absolute Gasteiger partial charge is 0.366 e. The van der Waals surface area contributed by atoms with Gasteiger partial charge in [0.2, 0.25) is 5.91 Å². The van der Waals surface area contributed by atoms with E-state index in [1.807, 2.05) is 4.90 Å². The van der Waals surface area contributed by atoms with Gasteiger partial charge in [-0.2, -0.15) is 0 Å². The highest BCUT2D eigenvalue weighted by Crippen LogP contribution is 2.28. The molecule has 2 amide bonds. The van der Waals surface area contributed by atoms with Crippen LogP contribution in [0, 0.1) is 5.92 Å². The van der Waals surface area contributed by atoms with Crippen LogP contribution in [0.2, 0.25) is 0 Å². The third kappa shape index (κ3) is 4.21. The summed E-state index contributed by atoms with van der Waals surface area (Å²) in [5.74, 6) is 0.435. The van der Waals surface area contributed by atoms with E-state index in [1.54, 1.807) is 11.4 Å². The first-order valence-electron chi connectivity index (χ1n) is 7.54. The number of nitrogens with two attached hydrogens (primary N) is 1. The zero-order valence-corrected chi connectivity index (χ0v) is 14.0. The Kier molecular flexibility index (Phi) is 5.83. The zero-order valence-electron chi connectivity index (χ0n) is 12.4. The number of likely N-dealkylation sites (tertiary alicyclic amines) is 1. The molecule has 1 aromatic rings. The second-order valence-corrected chi connectivity index (χ2v) is 6.89. The molecule has 3 rings (SSSR count). The maximum absolute atomic E-state index is 12.4. The molecule has 122 valence electrons. The molecule has 1 saturated carbocycles. The lowest BCUT2D eigenvalue weighted by Crippen LogP contribution is -2.45. The number of piperidine rings is 1.